The van der Waals surface area contributed by atoms with E-state index in [1.165, 1.54) is 0 Å². The summed E-state index contributed by atoms with van der Waals surface area (Å²) in [5, 5.41) is 3.99. The summed E-state index contributed by atoms with van der Waals surface area (Å²) in [5.41, 5.74) is 1.58. The van der Waals surface area contributed by atoms with Gasteiger partial charge in [-0.1, -0.05) is 6.07 Å². The third-order valence-corrected chi connectivity index (χ3v) is 6.74. The van der Waals surface area contributed by atoms with Gasteiger partial charge in [-0.05, 0) is 55.9 Å². The first-order valence-corrected chi connectivity index (χ1v) is 11.3. The summed E-state index contributed by atoms with van der Waals surface area (Å²) in [6.45, 7) is 2.61. The van der Waals surface area contributed by atoms with E-state index in [1.807, 2.05) is 40.1 Å². The maximum atomic E-state index is 13.0. The Morgan fingerprint density at radius 2 is 1.90 bits per heavy atom. The second-order valence-electron chi connectivity index (χ2n) is 9.13. The first kappa shape index (κ1) is 20.0. The van der Waals surface area contributed by atoms with Gasteiger partial charge in [-0.3, -0.25) is 19.4 Å². The number of rotatable bonds is 5. The number of fused-ring (bicyclic) bond motifs is 1. The highest BCUT2D eigenvalue weighted by molar-refractivity contribution is 5.98. The van der Waals surface area contributed by atoms with Gasteiger partial charge in [0.15, 0.2) is 0 Å². The standard InChI is InChI=1S/C24H28N4O3/c29-22-13-19(23(30)26-20-4-5-20)15-28(22)14-16-7-10-27(11-8-16)24(31)18-3-6-21-17(12-18)2-1-9-25-21/h1-3,6,9,12,16,19-20H,4-5,7-8,10-11,13-15H2,(H,26,30). The second-order valence-corrected chi connectivity index (χ2v) is 9.13. The molecule has 5 rings (SSSR count). The predicted octanol–water partition coefficient (Wildman–Crippen LogP) is 2.21. The van der Waals surface area contributed by atoms with Crippen molar-refractivity contribution >= 4 is 28.6 Å². The first-order valence-electron chi connectivity index (χ1n) is 11.3. The van der Waals surface area contributed by atoms with Gasteiger partial charge in [-0.2, -0.15) is 0 Å². The van der Waals surface area contributed by atoms with E-state index in [9.17, 15) is 14.4 Å². The van der Waals surface area contributed by atoms with Crippen LogP contribution in [0.3, 0.4) is 0 Å². The molecular weight excluding hydrogens is 392 g/mol. The average Bonchev–Trinajstić information content (AvgIpc) is 3.54. The molecule has 2 saturated heterocycles. The number of pyridine rings is 1. The van der Waals surface area contributed by atoms with Gasteiger partial charge >= 0.3 is 0 Å². The molecule has 3 amide bonds. The normalized spacial score (nSPS) is 22.2. The minimum Gasteiger partial charge on any atom is -0.353 e. The fourth-order valence-corrected chi connectivity index (χ4v) is 4.69. The zero-order valence-electron chi connectivity index (χ0n) is 17.6. The molecule has 162 valence electrons. The van der Waals surface area contributed by atoms with Crippen molar-refractivity contribution in [2.45, 2.75) is 38.1 Å². The van der Waals surface area contributed by atoms with E-state index in [0.29, 0.717) is 50.1 Å². The molecule has 3 heterocycles. The third kappa shape index (κ3) is 4.40. The minimum absolute atomic E-state index is 0.0318. The van der Waals surface area contributed by atoms with Crippen LogP contribution < -0.4 is 5.32 Å². The monoisotopic (exact) mass is 420 g/mol. The Morgan fingerprint density at radius 3 is 2.68 bits per heavy atom. The summed E-state index contributed by atoms with van der Waals surface area (Å²) in [6, 6.07) is 9.83. The van der Waals surface area contributed by atoms with Gasteiger partial charge in [0.25, 0.3) is 5.91 Å². The summed E-state index contributed by atoms with van der Waals surface area (Å²) in [4.78, 5) is 45.7. The van der Waals surface area contributed by atoms with Crippen molar-refractivity contribution < 1.29 is 14.4 Å². The van der Waals surface area contributed by atoms with Crippen molar-refractivity contribution in [1.29, 1.82) is 0 Å². The Morgan fingerprint density at radius 1 is 1.10 bits per heavy atom. The van der Waals surface area contributed by atoms with Crippen LogP contribution in [0.1, 0.15) is 42.5 Å². The van der Waals surface area contributed by atoms with E-state index in [4.69, 9.17) is 0 Å². The van der Waals surface area contributed by atoms with Gasteiger partial charge in [-0.15, -0.1) is 0 Å². The smallest absolute Gasteiger partial charge is 0.253 e. The number of amides is 3. The molecule has 3 aliphatic rings. The molecular formula is C24H28N4O3. The first-order chi connectivity index (χ1) is 15.1. The Labute approximate surface area is 181 Å². The number of likely N-dealkylation sites (tertiary alicyclic amines) is 2. The minimum atomic E-state index is -0.211. The van der Waals surface area contributed by atoms with E-state index in [0.717, 1.165) is 36.6 Å². The van der Waals surface area contributed by atoms with E-state index in [-0.39, 0.29) is 23.6 Å². The highest BCUT2D eigenvalue weighted by atomic mass is 16.2. The van der Waals surface area contributed by atoms with Crippen LogP contribution >= 0.6 is 0 Å². The zero-order valence-corrected chi connectivity index (χ0v) is 17.6. The van der Waals surface area contributed by atoms with Crippen LogP contribution in [-0.2, 0) is 9.59 Å². The van der Waals surface area contributed by atoms with Crippen molar-refractivity contribution in [3.8, 4) is 0 Å². The fraction of sp³-hybridized carbons (Fsp3) is 0.500. The molecule has 3 fully saturated rings. The highest BCUT2D eigenvalue weighted by Crippen LogP contribution is 2.26. The van der Waals surface area contributed by atoms with E-state index < -0.39 is 0 Å². The lowest BCUT2D eigenvalue weighted by molar-refractivity contribution is -0.129. The summed E-state index contributed by atoms with van der Waals surface area (Å²) >= 11 is 0. The number of benzene rings is 1. The van der Waals surface area contributed by atoms with Gasteiger partial charge in [-0.25, -0.2) is 0 Å². The fourth-order valence-electron chi connectivity index (χ4n) is 4.69. The Balaban J connectivity index is 1.13. The van der Waals surface area contributed by atoms with Crippen LogP contribution in [-0.4, -0.2) is 64.7 Å². The van der Waals surface area contributed by atoms with Crippen molar-refractivity contribution in [2.24, 2.45) is 11.8 Å². The molecule has 7 heteroatoms. The molecule has 0 radical (unpaired) electrons. The summed E-state index contributed by atoms with van der Waals surface area (Å²) in [7, 11) is 0. The lowest BCUT2D eigenvalue weighted by Gasteiger charge is -2.34. The summed E-state index contributed by atoms with van der Waals surface area (Å²) < 4.78 is 0. The molecule has 2 aromatic rings. The molecule has 1 atom stereocenters. The number of hydrogen-bond acceptors (Lipinski definition) is 4. The van der Waals surface area contributed by atoms with Gasteiger partial charge in [0, 0.05) is 55.8 Å². The van der Waals surface area contributed by atoms with E-state index in [1.54, 1.807) is 6.20 Å². The quantitative estimate of drug-likeness (QED) is 0.804. The summed E-state index contributed by atoms with van der Waals surface area (Å²) in [6.07, 6.45) is 5.95. The number of carbonyl (C=O) groups excluding carboxylic acids is 3. The van der Waals surface area contributed by atoms with E-state index in [2.05, 4.69) is 10.3 Å². The highest BCUT2D eigenvalue weighted by Gasteiger charge is 2.37. The maximum absolute atomic E-state index is 13.0. The van der Waals surface area contributed by atoms with Crippen LogP contribution in [0.15, 0.2) is 36.5 Å². The molecule has 31 heavy (non-hydrogen) atoms. The molecule has 7 nitrogen and oxygen atoms in total. The van der Waals surface area contributed by atoms with Gasteiger partial charge in [0.1, 0.15) is 0 Å². The lowest BCUT2D eigenvalue weighted by atomic mass is 9.95. The third-order valence-electron chi connectivity index (χ3n) is 6.74. The molecule has 1 unspecified atom stereocenters. The SMILES string of the molecule is O=C(NC1CC1)C1CC(=O)N(CC2CCN(C(=O)c3ccc4ncccc4c3)CC2)C1. The second kappa shape index (κ2) is 8.29. The number of hydrogen-bond donors (Lipinski definition) is 1. The van der Waals surface area contributed by atoms with Crippen molar-refractivity contribution in [1.82, 2.24) is 20.1 Å². The van der Waals surface area contributed by atoms with Gasteiger partial charge < -0.3 is 15.1 Å². The van der Waals surface area contributed by atoms with Crippen LogP contribution in [0, 0.1) is 11.8 Å². The molecule has 1 aromatic heterocycles. The summed E-state index contributed by atoms with van der Waals surface area (Å²) in [5.74, 6) is 0.332. The molecule has 0 bridgehead atoms. The number of carbonyl (C=O) groups is 3. The Bertz CT molecular complexity index is 1010. The van der Waals surface area contributed by atoms with Crippen LogP contribution in [0.5, 0.6) is 0 Å². The molecule has 1 saturated carbocycles. The Kier molecular flexibility index (Phi) is 5.34. The Hall–Kier alpha value is -2.96. The van der Waals surface area contributed by atoms with Crippen molar-refractivity contribution in [3.05, 3.63) is 42.1 Å². The van der Waals surface area contributed by atoms with Crippen LogP contribution in [0.4, 0.5) is 0 Å². The average molecular weight is 421 g/mol. The molecule has 2 aliphatic heterocycles. The van der Waals surface area contributed by atoms with Crippen LogP contribution in [0.2, 0.25) is 0 Å². The maximum Gasteiger partial charge on any atom is 0.253 e. The molecule has 0 spiro atoms. The van der Waals surface area contributed by atoms with Crippen molar-refractivity contribution in [3.63, 3.8) is 0 Å². The molecule has 1 N–H and O–H groups in total. The topological polar surface area (TPSA) is 82.6 Å². The number of nitrogens with zero attached hydrogens (tertiary/aromatic N) is 3. The van der Waals surface area contributed by atoms with Gasteiger partial charge in [0.05, 0.1) is 11.4 Å². The lowest BCUT2D eigenvalue weighted by Crippen LogP contribution is -2.42. The number of piperidine rings is 1. The van der Waals surface area contributed by atoms with E-state index >= 15 is 0 Å². The largest absolute Gasteiger partial charge is 0.353 e. The molecule has 1 aliphatic carbocycles. The van der Waals surface area contributed by atoms with Gasteiger partial charge in [0.2, 0.25) is 11.8 Å². The number of aromatic nitrogens is 1. The zero-order chi connectivity index (χ0) is 21.4. The number of nitrogens with one attached hydrogen (secondary N) is 1. The van der Waals surface area contributed by atoms with Crippen molar-refractivity contribution in [2.75, 3.05) is 26.2 Å². The molecule has 1 aromatic carbocycles. The predicted molar refractivity (Wildman–Crippen MR) is 116 cm³/mol. The van der Waals surface area contributed by atoms with Crippen LogP contribution in [0.25, 0.3) is 10.9 Å².